The quantitative estimate of drug-likeness (QED) is 0.619. The van der Waals surface area contributed by atoms with Crippen molar-refractivity contribution < 1.29 is 22.7 Å². The third-order valence-electron chi connectivity index (χ3n) is 4.33. The fourth-order valence-electron chi connectivity index (χ4n) is 3.18. The molecule has 2 aromatic carbocycles. The minimum Gasteiger partial charge on any atom is -0.477 e. The molecule has 0 spiro atoms. The standard InChI is InChI=1S/C19H19FN2O4S/c1-10(21)13-4-3-5-14-16(18(19(23)24)22-17(13)14)11-6-7-12(15(20)8-11)9-27(2,25)26/h3-8,10,22H,9,21H2,1-2H3,(H,23,24). The highest BCUT2D eigenvalue weighted by molar-refractivity contribution is 7.89. The molecule has 3 rings (SSSR count). The number of aromatic nitrogens is 1. The van der Waals surface area contributed by atoms with Gasteiger partial charge in [0.2, 0.25) is 0 Å². The van der Waals surface area contributed by atoms with Gasteiger partial charge in [0.05, 0.1) is 11.3 Å². The second-order valence-electron chi connectivity index (χ2n) is 6.61. The highest BCUT2D eigenvalue weighted by Gasteiger charge is 2.22. The van der Waals surface area contributed by atoms with Gasteiger partial charge in [-0.15, -0.1) is 0 Å². The molecule has 0 fully saturated rings. The Morgan fingerprint density at radius 1 is 1.30 bits per heavy atom. The van der Waals surface area contributed by atoms with Crippen molar-refractivity contribution >= 4 is 26.7 Å². The molecule has 3 aromatic rings. The molecule has 0 amide bonds. The van der Waals surface area contributed by atoms with Crippen molar-refractivity contribution in [3.63, 3.8) is 0 Å². The van der Waals surface area contributed by atoms with Gasteiger partial charge in [-0.3, -0.25) is 0 Å². The molecule has 8 heteroatoms. The number of aromatic carboxylic acids is 1. The number of benzene rings is 2. The van der Waals surface area contributed by atoms with Crippen molar-refractivity contribution in [1.29, 1.82) is 0 Å². The van der Waals surface area contributed by atoms with Gasteiger partial charge in [-0.05, 0) is 24.1 Å². The Bertz CT molecular complexity index is 1150. The third kappa shape index (κ3) is 3.72. The lowest BCUT2D eigenvalue weighted by Gasteiger charge is -2.08. The van der Waals surface area contributed by atoms with Crippen molar-refractivity contribution in [2.75, 3.05) is 6.26 Å². The molecule has 1 aromatic heterocycles. The number of aromatic amines is 1. The predicted octanol–water partition coefficient (Wildman–Crippen LogP) is 3.24. The van der Waals surface area contributed by atoms with Gasteiger partial charge < -0.3 is 15.8 Å². The average Bonchev–Trinajstić information content (AvgIpc) is 2.95. The number of nitrogens with two attached hydrogens (primary N) is 1. The fourth-order valence-corrected chi connectivity index (χ4v) is 3.98. The van der Waals surface area contributed by atoms with Crippen LogP contribution in [0, 0.1) is 5.82 Å². The van der Waals surface area contributed by atoms with Crippen LogP contribution in [-0.4, -0.2) is 30.7 Å². The van der Waals surface area contributed by atoms with Crippen molar-refractivity contribution in [3.05, 3.63) is 59.0 Å². The van der Waals surface area contributed by atoms with Crippen LogP contribution >= 0.6 is 0 Å². The summed E-state index contributed by atoms with van der Waals surface area (Å²) < 4.78 is 37.3. The monoisotopic (exact) mass is 390 g/mol. The lowest BCUT2D eigenvalue weighted by molar-refractivity contribution is 0.0692. The molecule has 0 radical (unpaired) electrons. The Kier molecular flexibility index (Phi) is 4.79. The summed E-state index contributed by atoms with van der Waals surface area (Å²) in [6.07, 6.45) is 1.03. The van der Waals surface area contributed by atoms with E-state index in [1.807, 2.05) is 0 Å². The summed E-state index contributed by atoms with van der Waals surface area (Å²) in [4.78, 5) is 14.6. The Labute approximate surface area is 155 Å². The molecule has 1 atom stereocenters. The number of carboxylic acids is 1. The Balaban J connectivity index is 2.25. The molecular formula is C19H19FN2O4S. The zero-order valence-corrected chi connectivity index (χ0v) is 15.6. The molecule has 0 bridgehead atoms. The van der Waals surface area contributed by atoms with Gasteiger partial charge in [0.1, 0.15) is 11.5 Å². The molecule has 0 aliphatic heterocycles. The van der Waals surface area contributed by atoms with E-state index < -0.39 is 27.4 Å². The van der Waals surface area contributed by atoms with Gasteiger partial charge in [-0.25, -0.2) is 17.6 Å². The average molecular weight is 390 g/mol. The molecule has 142 valence electrons. The largest absolute Gasteiger partial charge is 0.477 e. The van der Waals surface area contributed by atoms with Crippen molar-refractivity contribution in [3.8, 4) is 11.1 Å². The van der Waals surface area contributed by atoms with Crippen LogP contribution in [0.25, 0.3) is 22.0 Å². The number of nitrogens with one attached hydrogen (secondary N) is 1. The second kappa shape index (κ2) is 6.79. The zero-order chi connectivity index (χ0) is 19.9. The Morgan fingerprint density at radius 3 is 2.56 bits per heavy atom. The first-order chi connectivity index (χ1) is 12.6. The minimum absolute atomic E-state index is 0.0363. The summed E-state index contributed by atoms with van der Waals surface area (Å²) in [5, 5.41) is 10.2. The first-order valence-corrected chi connectivity index (χ1v) is 10.2. The van der Waals surface area contributed by atoms with E-state index in [2.05, 4.69) is 4.98 Å². The van der Waals surface area contributed by atoms with E-state index in [1.54, 1.807) is 25.1 Å². The van der Waals surface area contributed by atoms with Gasteiger partial charge >= 0.3 is 5.97 Å². The van der Waals surface area contributed by atoms with E-state index in [4.69, 9.17) is 5.73 Å². The number of halogens is 1. The number of hydrogen-bond donors (Lipinski definition) is 3. The van der Waals surface area contributed by atoms with Crippen LogP contribution in [0.5, 0.6) is 0 Å². The topological polar surface area (TPSA) is 113 Å². The van der Waals surface area contributed by atoms with E-state index in [0.717, 1.165) is 17.9 Å². The van der Waals surface area contributed by atoms with E-state index in [1.165, 1.54) is 12.1 Å². The molecule has 27 heavy (non-hydrogen) atoms. The molecule has 1 unspecified atom stereocenters. The second-order valence-corrected chi connectivity index (χ2v) is 8.76. The van der Waals surface area contributed by atoms with E-state index >= 15 is 0 Å². The first-order valence-electron chi connectivity index (χ1n) is 8.18. The molecule has 6 nitrogen and oxygen atoms in total. The minimum atomic E-state index is -3.39. The van der Waals surface area contributed by atoms with Gasteiger partial charge in [0, 0.05) is 28.8 Å². The van der Waals surface area contributed by atoms with Crippen LogP contribution < -0.4 is 5.73 Å². The maximum atomic E-state index is 14.5. The number of hydrogen-bond acceptors (Lipinski definition) is 4. The van der Waals surface area contributed by atoms with Gasteiger partial charge in [-0.1, -0.05) is 30.3 Å². The summed E-state index contributed by atoms with van der Waals surface area (Å²) in [7, 11) is -3.39. The maximum Gasteiger partial charge on any atom is 0.352 e. The molecule has 0 saturated heterocycles. The summed E-state index contributed by atoms with van der Waals surface area (Å²) in [5.74, 6) is -2.31. The maximum absolute atomic E-state index is 14.5. The van der Waals surface area contributed by atoms with Crippen molar-refractivity contribution in [2.45, 2.75) is 18.7 Å². The zero-order valence-electron chi connectivity index (χ0n) is 14.8. The van der Waals surface area contributed by atoms with Crippen LogP contribution in [0.4, 0.5) is 4.39 Å². The van der Waals surface area contributed by atoms with E-state index in [-0.39, 0.29) is 17.3 Å². The fraction of sp³-hybridized carbons (Fsp3) is 0.211. The molecule has 0 aliphatic carbocycles. The number of carboxylic acid groups (broad SMARTS) is 1. The summed E-state index contributed by atoms with van der Waals surface area (Å²) >= 11 is 0. The predicted molar refractivity (Wildman–Crippen MR) is 102 cm³/mol. The molecule has 0 aliphatic rings. The van der Waals surface area contributed by atoms with Crippen molar-refractivity contribution in [1.82, 2.24) is 4.98 Å². The van der Waals surface area contributed by atoms with E-state index in [9.17, 15) is 22.7 Å². The first kappa shape index (κ1) is 19.1. The van der Waals surface area contributed by atoms with Crippen LogP contribution in [0.2, 0.25) is 0 Å². The molecule has 1 heterocycles. The number of rotatable bonds is 5. The highest BCUT2D eigenvalue weighted by atomic mass is 32.2. The van der Waals surface area contributed by atoms with Crippen LogP contribution in [-0.2, 0) is 15.6 Å². The number of H-pyrrole nitrogens is 1. The van der Waals surface area contributed by atoms with Gasteiger partial charge in [-0.2, -0.15) is 0 Å². The number of carbonyl (C=O) groups is 1. The van der Waals surface area contributed by atoms with Crippen LogP contribution in [0.3, 0.4) is 0 Å². The summed E-state index contributed by atoms with van der Waals surface area (Å²) in [6, 6.07) is 9.03. The SMILES string of the molecule is CC(N)c1cccc2c(-c3ccc(CS(C)(=O)=O)c(F)c3)c(C(=O)O)[nH]c12. The van der Waals surface area contributed by atoms with Crippen LogP contribution in [0.1, 0.15) is 34.6 Å². The smallest absolute Gasteiger partial charge is 0.352 e. The van der Waals surface area contributed by atoms with Crippen molar-refractivity contribution in [2.24, 2.45) is 5.73 Å². The molecule has 0 saturated carbocycles. The Morgan fingerprint density at radius 2 is 2.00 bits per heavy atom. The third-order valence-corrected chi connectivity index (χ3v) is 5.17. The number of sulfone groups is 1. The lowest BCUT2D eigenvalue weighted by atomic mass is 9.98. The van der Waals surface area contributed by atoms with Crippen LogP contribution in [0.15, 0.2) is 36.4 Å². The Hall–Kier alpha value is -2.71. The van der Waals surface area contributed by atoms with Gasteiger partial charge in [0.25, 0.3) is 0 Å². The lowest BCUT2D eigenvalue weighted by Crippen LogP contribution is -2.05. The summed E-state index contributed by atoms with van der Waals surface area (Å²) in [6.45, 7) is 1.79. The number of fused-ring (bicyclic) bond motifs is 1. The molecule has 4 N–H and O–H groups in total. The summed E-state index contributed by atoms with van der Waals surface area (Å²) in [5.41, 5.74) is 7.94. The van der Waals surface area contributed by atoms with E-state index in [0.29, 0.717) is 22.0 Å². The van der Waals surface area contributed by atoms with Gasteiger partial charge in [0.15, 0.2) is 9.84 Å². The number of para-hydroxylation sites is 1. The normalized spacial score (nSPS) is 13.0. The molecular weight excluding hydrogens is 371 g/mol. The highest BCUT2D eigenvalue weighted by Crippen LogP contribution is 2.36.